The maximum absolute atomic E-state index is 9.89. The van der Waals surface area contributed by atoms with Crippen LogP contribution in [0, 0.1) is 41.6 Å². The molecule has 2 saturated heterocycles. The summed E-state index contributed by atoms with van der Waals surface area (Å²) in [5.74, 6) is 1.18. The summed E-state index contributed by atoms with van der Waals surface area (Å²) in [5.41, 5.74) is 1.45. The molecule has 1 saturated carbocycles. The van der Waals surface area contributed by atoms with E-state index in [0.29, 0.717) is 30.0 Å². The average molecular weight is 729 g/mol. The van der Waals surface area contributed by atoms with Crippen molar-refractivity contribution >= 4 is 45.2 Å². The Morgan fingerprint density at radius 1 is 0.763 bits per heavy atom. The molecule has 3 fully saturated rings. The fourth-order valence-electron chi connectivity index (χ4n) is 7.05. The van der Waals surface area contributed by atoms with Gasteiger partial charge in [0.1, 0.15) is 0 Å². The fourth-order valence-corrected chi connectivity index (χ4v) is 8.05. The molecule has 2 aromatic rings. The third-order valence-electron chi connectivity index (χ3n) is 8.90. The quantitative estimate of drug-likeness (QED) is 0.299. The van der Waals surface area contributed by atoms with Crippen molar-refractivity contribution in [1.29, 1.82) is 10.5 Å². The largest absolute Gasteiger partial charge is 0.378 e. The van der Waals surface area contributed by atoms with E-state index in [4.69, 9.17) is 4.74 Å². The normalized spacial score (nSPS) is 35.1. The molecule has 5 aliphatic rings. The summed E-state index contributed by atoms with van der Waals surface area (Å²) in [6, 6.07) is 10.7. The molecule has 5 heterocycles. The number of rotatable bonds is 3. The monoisotopic (exact) mass is 729 g/mol. The van der Waals surface area contributed by atoms with Gasteiger partial charge in [-0.05, 0) is 112 Å². The van der Waals surface area contributed by atoms with Gasteiger partial charge >= 0.3 is 0 Å². The van der Waals surface area contributed by atoms with E-state index in [1.165, 1.54) is 6.42 Å². The number of halogens is 2. The number of fused-ring (bicyclic) bond motifs is 4. The van der Waals surface area contributed by atoms with Gasteiger partial charge in [0.2, 0.25) is 0 Å². The second-order valence-corrected chi connectivity index (χ2v) is 13.8. The summed E-state index contributed by atoms with van der Waals surface area (Å²) < 4.78 is 7.55. The van der Waals surface area contributed by atoms with Crippen molar-refractivity contribution < 1.29 is 4.74 Å². The highest BCUT2D eigenvalue weighted by Gasteiger charge is 2.50. The summed E-state index contributed by atoms with van der Waals surface area (Å²) in [7, 11) is 0. The van der Waals surface area contributed by atoms with Crippen LogP contribution in [0.25, 0.3) is 0 Å². The van der Waals surface area contributed by atoms with Crippen LogP contribution in [0.5, 0.6) is 0 Å². The number of piperidine rings is 1. The van der Waals surface area contributed by atoms with Crippen LogP contribution < -0.4 is 0 Å². The Hall–Kier alpha value is -1.86. The lowest BCUT2D eigenvalue weighted by Gasteiger charge is -2.49. The highest BCUT2D eigenvalue weighted by Crippen LogP contribution is 2.48. The van der Waals surface area contributed by atoms with Crippen molar-refractivity contribution in [3.8, 4) is 12.1 Å². The van der Waals surface area contributed by atoms with E-state index in [0.717, 1.165) is 57.2 Å². The van der Waals surface area contributed by atoms with E-state index >= 15 is 0 Å². The minimum Gasteiger partial charge on any atom is -0.378 e. The summed E-state index contributed by atoms with van der Waals surface area (Å²) in [4.78, 5) is 11.1. The van der Waals surface area contributed by atoms with Crippen LogP contribution in [0.3, 0.4) is 0 Å². The zero-order valence-corrected chi connectivity index (χ0v) is 25.3. The summed E-state index contributed by atoms with van der Waals surface area (Å²) >= 11 is 4.53. The molecule has 0 spiro atoms. The fraction of sp³-hybridized carbons (Fsp3) is 0.467. The zero-order valence-electron chi connectivity index (χ0n) is 21.0. The van der Waals surface area contributed by atoms with E-state index in [1.54, 1.807) is 0 Å². The Morgan fingerprint density at radius 2 is 1.26 bits per heavy atom. The molecular weight excluding hydrogens is 700 g/mol. The third-order valence-corrected chi connectivity index (χ3v) is 10.1. The predicted molar refractivity (Wildman–Crippen MR) is 161 cm³/mol. The first kappa shape index (κ1) is 26.4. The summed E-state index contributed by atoms with van der Waals surface area (Å²) in [5, 5.41) is 19.5. The van der Waals surface area contributed by atoms with Gasteiger partial charge in [0, 0.05) is 44.0 Å². The van der Waals surface area contributed by atoms with Crippen LogP contribution in [0.15, 0.2) is 61.2 Å². The zero-order chi connectivity index (χ0) is 26.3. The molecule has 6 atom stereocenters. The van der Waals surface area contributed by atoms with Crippen LogP contribution in [0.2, 0.25) is 0 Å². The van der Waals surface area contributed by atoms with Gasteiger partial charge in [-0.3, -0.25) is 14.9 Å². The smallest absolute Gasteiger partial charge is 0.0873 e. The molecule has 0 N–H and O–H groups in total. The molecule has 0 radical (unpaired) electrons. The highest BCUT2D eigenvalue weighted by atomic mass is 127. The molecule has 4 bridgehead atoms. The van der Waals surface area contributed by atoms with E-state index in [1.807, 2.05) is 24.8 Å². The predicted octanol–water partition coefficient (Wildman–Crippen LogP) is 5.68. The van der Waals surface area contributed by atoms with Gasteiger partial charge in [-0.1, -0.05) is 24.3 Å². The second kappa shape index (κ2) is 10.6. The van der Waals surface area contributed by atoms with E-state index in [2.05, 4.69) is 109 Å². The maximum atomic E-state index is 9.89. The number of hydrogen-bond donors (Lipinski definition) is 0. The molecule has 2 aliphatic carbocycles. The lowest BCUT2D eigenvalue weighted by Crippen LogP contribution is -2.59. The molecule has 0 amide bonds. The molecule has 3 aliphatic heterocycles. The number of pyridine rings is 2. The van der Waals surface area contributed by atoms with Gasteiger partial charge in [0.05, 0.1) is 42.2 Å². The minimum absolute atomic E-state index is 0.314. The van der Waals surface area contributed by atoms with E-state index in [9.17, 15) is 10.5 Å². The molecule has 7 rings (SSSR count). The lowest BCUT2D eigenvalue weighted by molar-refractivity contribution is -0.0920. The number of hydrogen-bond acceptors (Lipinski definition) is 6. The lowest BCUT2D eigenvalue weighted by atomic mass is 9.66. The van der Waals surface area contributed by atoms with Crippen molar-refractivity contribution in [2.75, 3.05) is 13.2 Å². The first-order valence-corrected chi connectivity index (χ1v) is 15.4. The highest BCUT2D eigenvalue weighted by molar-refractivity contribution is 14.1. The molecule has 194 valence electrons. The summed E-state index contributed by atoms with van der Waals surface area (Å²) in [6.45, 7) is 1.66. The Bertz CT molecular complexity index is 1330. The Balaban J connectivity index is 0.000000142. The van der Waals surface area contributed by atoms with Crippen LogP contribution in [-0.4, -0.2) is 46.2 Å². The third kappa shape index (κ3) is 4.83. The number of aromatic nitrogens is 2. The van der Waals surface area contributed by atoms with Crippen LogP contribution >= 0.6 is 45.2 Å². The molecule has 6 nitrogen and oxygen atoms in total. The standard InChI is InChI=1S/C16H16IN3O.C14H13IN2/c17-12-3-11(6-19-7-12)16(10-18)4-13-1-2-14(5-16)20(13)15-8-21-9-15;15-13-4-12(7-17-8-13)14(9-16)5-10-1-2-11(3-10)6-14/h1-3,6-7,13-15H,4-5,8-9H2;1-2,4,7-8,10-11H,3,5-6H2/t13-,14+,16?;10-,11+,14?. The van der Waals surface area contributed by atoms with Gasteiger partial charge in [-0.2, -0.15) is 10.5 Å². The molecule has 2 unspecified atom stereocenters. The summed E-state index contributed by atoms with van der Waals surface area (Å²) in [6.07, 6.45) is 21.4. The van der Waals surface area contributed by atoms with Crippen LogP contribution in [-0.2, 0) is 15.6 Å². The van der Waals surface area contributed by atoms with Gasteiger partial charge < -0.3 is 4.74 Å². The number of nitriles is 2. The van der Waals surface area contributed by atoms with Crippen LogP contribution in [0.1, 0.15) is 43.2 Å². The van der Waals surface area contributed by atoms with E-state index in [-0.39, 0.29) is 5.41 Å². The topological polar surface area (TPSA) is 85.8 Å². The van der Waals surface area contributed by atoms with Gasteiger partial charge in [-0.25, -0.2) is 0 Å². The maximum Gasteiger partial charge on any atom is 0.0873 e. The van der Waals surface area contributed by atoms with Crippen LogP contribution in [0.4, 0.5) is 0 Å². The number of ether oxygens (including phenoxy) is 1. The average Bonchev–Trinajstić information content (AvgIpc) is 3.36. The second-order valence-electron chi connectivity index (χ2n) is 11.3. The number of nitrogens with zero attached hydrogens (tertiary/aromatic N) is 5. The SMILES string of the molecule is N#CC1(c2cncc(I)c2)C[C@@H]2C=C[C@@H](C2)C1.N#CC1(c2cncc(I)c2)C[C@H]2C=C[C@@H](C1)N2C1COC1. The van der Waals surface area contributed by atoms with E-state index < -0.39 is 5.41 Å². The van der Waals surface area contributed by atoms with Gasteiger partial charge in [0.15, 0.2) is 0 Å². The Kier molecular flexibility index (Phi) is 7.36. The van der Waals surface area contributed by atoms with Gasteiger partial charge in [-0.15, -0.1) is 0 Å². The molecule has 38 heavy (non-hydrogen) atoms. The van der Waals surface area contributed by atoms with Crippen molar-refractivity contribution in [2.45, 2.75) is 61.1 Å². The van der Waals surface area contributed by atoms with Gasteiger partial charge in [0.25, 0.3) is 0 Å². The molecular formula is C30H29I2N5O. The van der Waals surface area contributed by atoms with Crippen molar-refractivity contribution in [2.24, 2.45) is 11.8 Å². The Labute approximate surface area is 251 Å². The first-order chi connectivity index (χ1) is 18.4. The molecule has 8 heteroatoms. The minimum atomic E-state index is -0.409. The van der Waals surface area contributed by atoms with Crippen molar-refractivity contribution in [3.63, 3.8) is 0 Å². The number of allylic oxidation sites excluding steroid dienone is 2. The first-order valence-electron chi connectivity index (χ1n) is 13.2. The van der Waals surface area contributed by atoms with Crippen molar-refractivity contribution in [3.05, 3.63) is 79.5 Å². The molecule has 0 aromatic carbocycles. The Morgan fingerprint density at radius 3 is 1.68 bits per heavy atom. The van der Waals surface area contributed by atoms with Crippen molar-refractivity contribution in [1.82, 2.24) is 14.9 Å². The molecule has 2 aromatic heterocycles.